The van der Waals surface area contributed by atoms with Crippen molar-refractivity contribution in [2.75, 3.05) is 13.7 Å². The van der Waals surface area contributed by atoms with Gasteiger partial charge in [0.1, 0.15) is 19.0 Å². The summed E-state index contributed by atoms with van der Waals surface area (Å²) in [6.07, 6.45) is 7.17. The molecule has 2 rings (SSSR count). The fraction of sp³-hybridized carbons (Fsp3) is 0.412. The average molecular weight is 274 g/mol. The summed E-state index contributed by atoms with van der Waals surface area (Å²) in [7, 11) is 1.76. The van der Waals surface area contributed by atoms with Crippen molar-refractivity contribution in [2.24, 2.45) is 0 Å². The highest BCUT2D eigenvalue weighted by Gasteiger charge is 2.14. The lowest BCUT2D eigenvalue weighted by molar-refractivity contribution is 0.0795. The molecule has 1 unspecified atom stereocenters. The molecule has 3 nitrogen and oxygen atoms in total. The van der Waals surface area contributed by atoms with Crippen molar-refractivity contribution >= 4 is 0 Å². The molecule has 0 amide bonds. The second kappa shape index (κ2) is 7.75. The fourth-order valence-electron chi connectivity index (χ4n) is 2.14. The molecule has 0 aromatic heterocycles. The zero-order valence-electron chi connectivity index (χ0n) is 12.0. The Morgan fingerprint density at radius 3 is 2.65 bits per heavy atom. The largest absolute Gasteiger partial charge is 0.494 e. The van der Waals surface area contributed by atoms with Gasteiger partial charge in [0.05, 0.1) is 11.9 Å². The summed E-state index contributed by atoms with van der Waals surface area (Å²) in [6, 6.07) is 7.97. The maximum Gasteiger partial charge on any atom is 0.119 e. The van der Waals surface area contributed by atoms with Crippen LogP contribution in [0, 0.1) is 0 Å². The summed E-state index contributed by atoms with van der Waals surface area (Å²) in [5.74, 6) is 1.93. The van der Waals surface area contributed by atoms with Crippen LogP contribution in [0.1, 0.15) is 24.8 Å². The fourth-order valence-corrected chi connectivity index (χ4v) is 2.14. The molecule has 0 spiro atoms. The molecule has 0 saturated heterocycles. The van der Waals surface area contributed by atoms with E-state index in [1.54, 1.807) is 13.2 Å². The molecule has 0 saturated carbocycles. The van der Waals surface area contributed by atoms with Gasteiger partial charge in [-0.2, -0.15) is 0 Å². The summed E-state index contributed by atoms with van der Waals surface area (Å²) < 4.78 is 16.6. The van der Waals surface area contributed by atoms with Crippen LogP contribution < -0.4 is 4.74 Å². The Morgan fingerprint density at radius 2 is 2.05 bits per heavy atom. The van der Waals surface area contributed by atoms with Gasteiger partial charge in [0.25, 0.3) is 0 Å². The molecule has 0 heterocycles. The Balaban J connectivity index is 1.79. The Bertz CT molecular complexity index is 448. The monoisotopic (exact) mass is 274 g/mol. The minimum absolute atomic E-state index is 0.351. The van der Waals surface area contributed by atoms with Crippen LogP contribution >= 0.6 is 0 Å². The second-order valence-electron chi connectivity index (χ2n) is 4.83. The summed E-state index contributed by atoms with van der Waals surface area (Å²) in [5.41, 5.74) is 1.14. The first-order valence-corrected chi connectivity index (χ1v) is 6.99. The Morgan fingerprint density at radius 1 is 1.25 bits per heavy atom. The summed E-state index contributed by atoms with van der Waals surface area (Å²) in [6.45, 7) is 4.76. The molecule has 3 heteroatoms. The third-order valence-electron chi connectivity index (χ3n) is 3.37. The lowest BCUT2D eigenvalue weighted by Gasteiger charge is -2.20. The van der Waals surface area contributed by atoms with E-state index in [1.807, 2.05) is 24.3 Å². The first-order valence-electron chi connectivity index (χ1n) is 6.99. The minimum atomic E-state index is 0.351. The van der Waals surface area contributed by atoms with Crippen LogP contribution in [0.25, 0.3) is 0 Å². The van der Waals surface area contributed by atoms with Crippen LogP contribution in [0.2, 0.25) is 0 Å². The molecule has 1 aliphatic carbocycles. The van der Waals surface area contributed by atoms with E-state index in [1.165, 1.54) is 0 Å². The predicted octanol–water partition coefficient (Wildman–Crippen LogP) is 3.85. The Hall–Kier alpha value is -1.74. The van der Waals surface area contributed by atoms with E-state index >= 15 is 0 Å². The summed E-state index contributed by atoms with van der Waals surface area (Å²) >= 11 is 0. The quantitative estimate of drug-likeness (QED) is 0.707. The van der Waals surface area contributed by atoms with E-state index in [2.05, 4.69) is 12.7 Å². The third kappa shape index (κ3) is 4.42. The van der Waals surface area contributed by atoms with Crippen molar-refractivity contribution in [3.05, 3.63) is 54.3 Å². The van der Waals surface area contributed by atoms with Crippen LogP contribution in [0.15, 0.2) is 48.8 Å². The Kier molecular flexibility index (Phi) is 5.69. The SMILES string of the molecule is C=CCOc1ccc(COC2=CCC(OC)CC2)cc1. The lowest BCUT2D eigenvalue weighted by atomic mass is 10.0. The second-order valence-corrected chi connectivity index (χ2v) is 4.83. The van der Waals surface area contributed by atoms with Gasteiger partial charge in [-0.25, -0.2) is 0 Å². The zero-order valence-corrected chi connectivity index (χ0v) is 12.0. The number of rotatable bonds is 7. The first kappa shape index (κ1) is 14.7. The molecular weight excluding hydrogens is 252 g/mol. The van der Waals surface area contributed by atoms with Gasteiger partial charge in [0.2, 0.25) is 0 Å². The van der Waals surface area contributed by atoms with Crippen LogP contribution in [0.5, 0.6) is 5.75 Å². The number of ether oxygens (including phenoxy) is 3. The molecule has 108 valence electrons. The normalized spacial score (nSPS) is 18.2. The number of benzene rings is 1. The van der Waals surface area contributed by atoms with Gasteiger partial charge < -0.3 is 14.2 Å². The number of methoxy groups -OCH3 is 1. The van der Waals surface area contributed by atoms with Crippen molar-refractivity contribution in [3.63, 3.8) is 0 Å². The average Bonchev–Trinajstić information content (AvgIpc) is 2.52. The van der Waals surface area contributed by atoms with Gasteiger partial charge in [0.15, 0.2) is 0 Å². The van der Waals surface area contributed by atoms with Crippen LogP contribution in [0.4, 0.5) is 0 Å². The molecule has 0 aliphatic heterocycles. The van der Waals surface area contributed by atoms with E-state index in [-0.39, 0.29) is 0 Å². The topological polar surface area (TPSA) is 27.7 Å². The Labute approximate surface area is 120 Å². The molecule has 1 atom stereocenters. The lowest BCUT2D eigenvalue weighted by Crippen LogP contribution is -2.14. The van der Waals surface area contributed by atoms with Crippen molar-refractivity contribution < 1.29 is 14.2 Å². The van der Waals surface area contributed by atoms with Crippen molar-refractivity contribution in [3.8, 4) is 5.75 Å². The van der Waals surface area contributed by atoms with E-state index in [4.69, 9.17) is 14.2 Å². The van der Waals surface area contributed by atoms with E-state index in [9.17, 15) is 0 Å². The maximum absolute atomic E-state index is 5.83. The molecule has 1 aromatic carbocycles. The number of hydrogen-bond acceptors (Lipinski definition) is 3. The third-order valence-corrected chi connectivity index (χ3v) is 3.37. The van der Waals surface area contributed by atoms with Gasteiger partial charge >= 0.3 is 0 Å². The van der Waals surface area contributed by atoms with Crippen LogP contribution in [-0.4, -0.2) is 19.8 Å². The van der Waals surface area contributed by atoms with Gasteiger partial charge in [0, 0.05) is 13.5 Å². The van der Waals surface area contributed by atoms with Crippen molar-refractivity contribution in [1.29, 1.82) is 0 Å². The molecule has 1 aromatic rings. The molecular formula is C17H22O3. The van der Waals surface area contributed by atoms with Crippen molar-refractivity contribution in [1.82, 2.24) is 0 Å². The molecule has 1 aliphatic rings. The first-order chi connectivity index (χ1) is 9.81. The predicted molar refractivity (Wildman–Crippen MR) is 79.7 cm³/mol. The van der Waals surface area contributed by atoms with Crippen molar-refractivity contribution in [2.45, 2.75) is 32.0 Å². The highest BCUT2D eigenvalue weighted by atomic mass is 16.5. The van der Waals surface area contributed by atoms with Gasteiger partial charge in [-0.1, -0.05) is 24.8 Å². The summed E-state index contributed by atoms with van der Waals surface area (Å²) in [4.78, 5) is 0. The maximum atomic E-state index is 5.83. The van der Waals surface area contributed by atoms with Gasteiger partial charge in [-0.3, -0.25) is 0 Å². The highest BCUT2D eigenvalue weighted by Crippen LogP contribution is 2.22. The molecule has 0 radical (unpaired) electrons. The van der Waals surface area contributed by atoms with Crippen LogP contribution in [-0.2, 0) is 16.1 Å². The van der Waals surface area contributed by atoms with E-state index in [0.717, 1.165) is 36.3 Å². The number of allylic oxidation sites excluding steroid dienone is 1. The summed E-state index contributed by atoms with van der Waals surface area (Å²) in [5, 5.41) is 0. The van der Waals surface area contributed by atoms with E-state index in [0.29, 0.717) is 19.3 Å². The van der Waals surface area contributed by atoms with Gasteiger partial charge in [-0.05, 0) is 36.6 Å². The standard InChI is InChI=1S/C17H22O3/c1-3-12-19-16-6-4-14(5-7-16)13-20-17-10-8-15(18-2)9-11-17/h3-7,10,15H,1,8-9,11-13H2,2H3. The van der Waals surface area contributed by atoms with E-state index < -0.39 is 0 Å². The van der Waals surface area contributed by atoms with Crippen LogP contribution in [0.3, 0.4) is 0 Å². The smallest absolute Gasteiger partial charge is 0.119 e. The minimum Gasteiger partial charge on any atom is -0.494 e. The molecule has 0 bridgehead atoms. The molecule has 20 heavy (non-hydrogen) atoms. The number of hydrogen-bond donors (Lipinski definition) is 0. The molecule has 0 N–H and O–H groups in total. The highest BCUT2D eigenvalue weighted by molar-refractivity contribution is 5.27. The molecule has 0 fully saturated rings. The van der Waals surface area contributed by atoms with Gasteiger partial charge in [-0.15, -0.1) is 0 Å². The zero-order chi connectivity index (χ0) is 14.2.